The molecule has 1 amide bonds. The summed E-state index contributed by atoms with van der Waals surface area (Å²) < 4.78 is 5.21. The van der Waals surface area contributed by atoms with E-state index in [-0.39, 0.29) is 10.9 Å². The summed E-state index contributed by atoms with van der Waals surface area (Å²) in [4.78, 5) is 10.6. The number of nitrogens with one attached hydrogen (secondary N) is 1. The molecule has 0 aliphatic carbocycles. The van der Waals surface area contributed by atoms with E-state index in [2.05, 4.69) is 21.4 Å². The Kier molecular flexibility index (Phi) is 3.29. The lowest BCUT2D eigenvalue weighted by Crippen LogP contribution is -2.49. The third-order valence-electron chi connectivity index (χ3n) is 1.34. The smallest absolute Gasteiger partial charge is 0.231 e. The third kappa shape index (κ3) is 3.18. The molecule has 1 fully saturated rings. The van der Waals surface area contributed by atoms with E-state index in [0.717, 1.165) is 6.54 Å². The van der Waals surface area contributed by atoms with Gasteiger partial charge >= 0.3 is 0 Å². The molecule has 1 rings (SSSR count). The molecular formula is C6H11BrN2O2. The van der Waals surface area contributed by atoms with Crippen LogP contribution in [0.3, 0.4) is 0 Å². The van der Waals surface area contributed by atoms with Crippen molar-refractivity contribution in [1.82, 2.24) is 10.4 Å². The van der Waals surface area contributed by atoms with Gasteiger partial charge in [-0.2, -0.15) is 0 Å². The highest BCUT2D eigenvalue weighted by atomic mass is 79.9. The number of halogens is 1. The summed E-state index contributed by atoms with van der Waals surface area (Å²) in [6.07, 6.45) is 0. The molecule has 1 saturated heterocycles. The Morgan fingerprint density at radius 3 is 3.09 bits per heavy atom. The molecule has 0 aromatic heterocycles. The van der Waals surface area contributed by atoms with Crippen LogP contribution in [-0.4, -0.2) is 35.6 Å². The summed E-state index contributed by atoms with van der Waals surface area (Å²) in [7, 11) is 0. The SMILES string of the molecule is CC(=O)NN1CCOC(Br)C1. The van der Waals surface area contributed by atoms with Crippen molar-refractivity contribution in [2.75, 3.05) is 19.7 Å². The second kappa shape index (κ2) is 4.04. The van der Waals surface area contributed by atoms with E-state index in [1.54, 1.807) is 0 Å². The van der Waals surface area contributed by atoms with Crippen LogP contribution in [0.15, 0.2) is 0 Å². The molecule has 1 unspecified atom stereocenters. The first-order valence-corrected chi connectivity index (χ1v) is 4.38. The Bertz CT molecular complexity index is 154. The normalized spacial score (nSPS) is 26.5. The molecule has 5 heteroatoms. The molecule has 0 saturated carbocycles. The van der Waals surface area contributed by atoms with Crippen molar-refractivity contribution in [3.05, 3.63) is 0 Å². The lowest BCUT2D eigenvalue weighted by atomic mass is 10.5. The zero-order valence-electron chi connectivity index (χ0n) is 6.34. The van der Waals surface area contributed by atoms with E-state index in [0.29, 0.717) is 13.2 Å². The van der Waals surface area contributed by atoms with E-state index in [1.165, 1.54) is 6.92 Å². The van der Waals surface area contributed by atoms with Gasteiger partial charge in [-0.05, 0) is 0 Å². The second-order valence-corrected chi connectivity index (χ2v) is 3.42. The van der Waals surface area contributed by atoms with Gasteiger partial charge in [-0.25, -0.2) is 5.01 Å². The van der Waals surface area contributed by atoms with E-state index < -0.39 is 0 Å². The van der Waals surface area contributed by atoms with Crippen LogP contribution in [0.4, 0.5) is 0 Å². The van der Waals surface area contributed by atoms with Crippen LogP contribution < -0.4 is 5.43 Å². The van der Waals surface area contributed by atoms with Crippen molar-refractivity contribution < 1.29 is 9.53 Å². The van der Waals surface area contributed by atoms with Gasteiger partial charge in [0.1, 0.15) is 5.01 Å². The van der Waals surface area contributed by atoms with Crippen LogP contribution in [-0.2, 0) is 9.53 Å². The maximum absolute atomic E-state index is 10.6. The molecule has 11 heavy (non-hydrogen) atoms. The number of rotatable bonds is 1. The molecule has 1 aliphatic rings. The molecular weight excluding hydrogens is 212 g/mol. The number of morpholine rings is 1. The van der Waals surface area contributed by atoms with Crippen molar-refractivity contribution in [1.29, 1.82) is 0 Å². The molecule has 0 radical (unpaired) electrons. The van der Waals surface area contributed by atoms with Gasteiger partial charge in [-0.15, -0.1) is 0 Å². The van der Waals surface area contributed by atoms with Gasteiger partial charge < -0.3 is 4.74 Å². The van der Waals surface area contributed by atoms with Crippen molar-refractivity contribution in [2.45, 2.75) is 11.9 Å². The van der Waals surface area contributed by atoms with Gasteiger partial charge in [0.15, 0.2) is 0 Å². The van der Waals surface area contributed by atoms with Gasteiger partial charge in [-0.3, -0.25) is 10.2 Å². The number of alkyl halides is 1. The molecule has 1 N–H and O–H groups in total. The number of amides is 1. The van der Waals surface area contributed by atoms with Crippen molar-refractivity contribution >= 4 is 21.8 Å². The molecule has 1 atom stereocenters. The second-order valence-electron chi connectivity index (χ2n) is 2.39. The molecule has 0 bridgehead atoms. The fourth-order valence-corrected chi connectivity index (χ4v) is 1.47. The first kappa shape index (κ1) is 8.96. The summed E-state index contributed by atoms with van der Waals surface area (Å²) in [5, 5.41) is 1.87. The number of hydrogen-bond donors (Lipinski definition) is 1. The predicted octanol–water partition coefficient (Wildman–Crippen LogP) is 0.0907. The zero-order valence-corrected chi connectivity index (χ0v) is 7.93. The summed E-state index contributed by atoms with van der Waals surface area (Å²) in [6, 6.07) is 0. The minimum Gasteiger partial charge on any atom is -0.364 e. The van der Waals surface area contributed by atoms with E-state index in [9.17, 15) is 4.79 Å². The largest absolute Gasteiger partial charge is 0.364 e. The molecule has 1 aliphatic heterocycles. The number of nitrogens with zero attached hydrogens (tertiary/aromatic N) is 1. The number of carbonyl (C=O) groups is 1. The third-order valence-corrected chi connectivity index (χ3v) is 1.89. The van der Waals surface area contributed by atoms with Gasteiger partial charge in [0.05, 0.1) is 13.2 Å². The van der Waals surface area contributed by atoms with Gasteiger partial charge in [0.2, 0.25) is 5.91 Å². The first-order valence-electron chi connectivity index (χ1n) is 3.46. The Balaban J connectivity index is 2.28. The van der Waals surface area contributed by atoms with Gasteiger partial charge in [-0.1, -0.05) is 15.9 Å². The summed E-state index contributed by atoms with van der Waals surface area (Å²) >= 11 is 3.30. The van der Waals surface area contributed by atoms with Gasteiger partial charge in [0.25, 0.3) is 0 Å². The van der Waals surface area contributed by atoms with E-state index in [1.807, 2.05) is 5.01 Å². The van der Waals surface area contributed by atoms with Crippen molar-refractivity contribution in [3.63, 3.8) is 0 Å². The molecule has 0 aromatic rings. The topological polar surface area (TPSA) is 41.6 Å². The monoisotopic (exact) mass is 222 g/mol. The summed E-state index contributed by atoms with van der Waals surface area (Å²) in [5.74, 6) is -0.0356. The minimum absolute atomic E-state index is 0.0306. The number of hydrogen-bond acceptors (Lipinski definition) is 3. The zero-order chi connectivity index (χ0) is 8.27. The van der Waals surface area contributed by atoms with Crippen LogP contribution >= 0.6 is 15.9 Å². The predicted molar refractivity (Wildman–Crippen MR) is 44.1 cm³/mol. The minimum atomic E-state index is -0.0356. The van der Waals surface area contributed by atoms with Crippen LogP contribution in [0.5, 0.6) is 0 Å². The highest BCUT2D eigenvalue weighted by molar-refractivity contribution is 9.09. The van der Waals surface area contributed by atoms with Crippen molar-refractivity contribution in [3.8, 4) is 0 Å². The molecule has 4 nitrogen and oxygen atoms in total. The average molecular weight is 223 g/mol. The quantitative estimate of drug-likeness (QED) is 0.640. The Morgan fingerprint density at radius 2 is 2.55 bits per heavy atom. The average Bonchev–Trinajstić information content (AvgIpc) is 1.85. The maximum atomic E-state index is 10.6. The fourth-order valence-electron chi connectivity index (χ4n) is 0.932. The Hall–Kier alpha value is -0.130. The van der Waals surface area contributed by atoms with Crippen LogP contribution in [0.2, 0.25) is 0 Å². The number of hydrazine groups is 1. The van der Waals surface area contributed by atoms with Crippen LogP contribution in [0, 0.1) is 0 Å². The van der Waals surface area contributed by atoms with Gasteiger partial charge in [0, 0.05) is 13.5 Å². The van der Waals surface area contributed by atoms with Crippen LogP contribution in [0.25, 0.3) is 0 Å². The Labute approximate surface area is 74.0 Å². The van der Waals surface area contributed by atoms with E-state index >= 15 is 0 Å². The standard InChI is InChI=1S/C6H11BrN2O2/c1-5(10)8-9-2-3-11-6(7)4-9/h6H,2-4H2,1H3,(H,8,10). The molecule has 1 heterocycles. The first-order chi connectivity index (χ1) is 5.18. The lowest BCUT2D eigenvalue weighted by molar-refractivity contribution is -0.126. The summed E-state index contributed by atoms with van der Waals surface area (Å²) in [5.41, 5.74) is 2.70. The Morgan fingerprint density at radius 1 is 1.82 bits per heavy atom. The highest BCUT2D eigenvalue weighted by Gasteiger charge is 2.17. The number of ether oxygens (including phenoxy) is 1. The maximum Gasteiger partial charge on any atom is 0.231 e. The lowest BCUT2D eigenvalue weighted by Gasteiger charge is -2.29. The molecule has 64 valence electrons. The highest BCUT2D eigenvalue weighted by Crippen LogP contribution is 2.07. The van der Waals surface area contributed by atoms with Crippen LogP contribution in [0.1, 0.15) is 6.92 Å². The summed E-state index contributed by atoms with van der Waals surface area (Å²) in [6.45, 7) is 3.59. The van der Waals surface area contributed by atoms with Crippen molar-refractivity contribution in [2.24, 2.45) is 0 Å². The molecule has 0 spiro atoms. The number of carbonyl (C=O) groups excluding carboxylic acids is 1. The molecule has 0 aromatic carbocycles. The fraction of sp³-hybridized carbons (Fsp3) is 0.833. The van der Waals surface area contributed by atoms with E-state index in [4.69, 9.17) is 4.74 Å².